The van der Waals surface area contributed by atoms with Gasteiger partial charge in [-0.15, -0.1) is 0 Å². The molecule has 0 fully saturated rings. The van der Waals surface area contributed by atoms with Gasteiger partial charge >= 0.3 is 11.6 Å². The molecule has 140 valence electrons. The Balaban J connectivity index is 1.89. The van der Waals surface area contributed by atoms with Gasteiger partial charge in [-0.25, -0.2) is 9.59 Å². The highest BCUT2D eigenvalue weighted by atomic mass is 16.6. The molecule has 3 rings (SSSR count). The largest absolute Gasteiger partial charge is 0.465 e. The van der Waals surface area contributed by atoms with Crippen LogP contribution < -0.4 is 5.63 Å². The molecule has 0 saturated heterocycles. The molecule has 1 aromatic heterocycles. The van der Waals surface area contributed by atoms with Crippen molar-refractivity contribution in [3.05, 3.63) is 91.8 Å². The number of carbonyl (C=O) groups is 2. The minimum Gasteiger partial charge on any atom is -0.465 e. The minimum absolute atomic E-state index is 0.148. The van der Waals surface area contributed by atoms with Crippen LogP contribution in [-0.2, 0) is 4.74 Å². The summed E-state index contributed by atoms with van der Waals surface area (Å²) in [7, 11) is 1.28. The lowest BCUT2D eigenvalue weighted by Gasteiger charge is -2.00. The summed E-state index contributed by atoms with van der Waals surface area (Å²) in [5.74, 6) is -1.09. The third kappa shape index (κ3) is 3.85. The number of ether oxygens (including phenoxy) is 1. The number of nitro groups is 1. The van der Waals surface area contributed by atoms with Gasteiger partial charge in [0.15, 0.2) is 5.78 Å². The van der Waals surface area contributed by atoms with E-state index >= 15 is 0 Å². The van der Waals surface area contributed by atoms with E-state index in [2.05, 4.69) is 4.74 Å². The number of methoxy groups -OCH3 is 1. The molecule has 0 N–H and O–H groups in total. The van der Waals surface area contributed by atoms with E-state index in [4.69, 9.17) is 4.42 Å². The van der Waals surface area contributed by atoms with E-state index in [1.807, 2.05) is 0 Å². The molecular formula is C20H13NO7. The fourth-order valence-electron chi connectivity index (χ4n) is 2.51. The number of esters is 1. The van der Waals surface area contributed by atoms with Crippen molar-refractivity contribution in [3.63, 3.8) is 0 Å². The second-order valence-corrected chi connectivity index (χ2v) is 5.74. The van der Waals surface area contributed by atoms with Crippen molar-refractivity contribution >= 4 is 34.5 Å². The quantitative estimate of drug-likeness (QED) is 0.167. The number of benzene rings is 2. The van der Waals surface area contributed by atoms with E-state index in [0.29, 0.717) is 11.1 Å². The highest BCUT2D eigenvalue weighted by molar-refractivity contribution is 6.07. The summed E-state index contributed by atoms with van der Waals surface area (Å²) in [5.41, 5.74) is -0.118. The molecule has 8 heteroatoms. The lowest BCUT2D eigenvalue weighted by atomic mass is 10.1. The Bertz CT molecular complexity index is 1170. The van der Waals surface area contributed by atoms with Crippen molar-refractivity contribution in [2.45, 2.75) is 0 Å². The normalized spacial score (nSPS) is 10.9. The number of rotatable bonds is 5. The van der Waals surface area contributed by atoms with Gasteiger partial charge in [0.25, 0.3) is 5.69 Å². The molecule has 0 saturated carbocycles. The first-order valence-electron chi connectivity index (χ1n) is 8.02. The number of fused-ring (bicyclic) bond motifs is 1. The van der Waals surface area contributed by atoms with Crippen LogP contribution in [0, 0.1) is 10.1 Å². The molecule has 0 unspecified atom stereocenters. The maximum Gasteiger partial charge on any atom is 0.347 e. The molecule has 0 aliphatic carbocycles. The number of nitrogens with zero attached hydrogens (tertiary/aromatic N) is 1. The van der Waals surface area contributed by atoms with Crippen LogP contribution in [0.5, 0.6) is 0 Å². The zero-order valence-electron chi connectivity index (χ0n) is 14.6. The number of allylic oxidation sites excluding steroid dienone is 1. The van der Waals surface area contributed by atoms with Crippen LogP contribution >= 0.6 is 0 Å². The van der Waals surface area contributed by atoms with Crippen molar-refractivity contribution < 1.29 is 23.7 Å². The Morgan fingerprint density at radius 1 is 1.11 bits per heavy atom. The zero-order valence-corrected chi connectivity index (χ0v) is 14.6. The fraction of sp³-hybridized carbons (Fsp3) is 0.0500. The molecule has 0 radical (unpaired) electrons. The number of nitro benzene ring substituents is 1. The summed E-state index contributed by atoms with van der Waals surface area (Å²) in [4.78, 5) is 46.1. The number of hydrogen-bond acceptors (Lipinski definition) is 7. The van der Waals surface area contributed by atoms with Crippen LogP contribution in [0.4, 0.5) is 5.69 Å². The van der Waals surface area contributed by atoms with E-state index in [0.717, 1.165) is 0 Å². The van der Waals surface area contributed by atoms with Crippen molar-refractivity contribution in [1.82, 2.24) is 0 Å². The molecule has 0 aliphatic heterocycles. The van der Waals surface area contributed by atoms with Crippen LogP contribution in [0.3, 0.4) is 0 Å². The van der Waals surface area contributed by atoms with Gasteiger partial charge in [-0.3, -0.25) is 14.9 Å². The van der Waals surface area contributed by atoms with Crippen molar-refractivity contribution in [2.24, 2.45) is 0 Å². The first-order valence-corrected chi connectivity index (χ1v) is 8.02. The molecule has 1 heterocycles. The maximum atomic E-state index is 12.4. The average molecular weight is 379 g/mol. The van der Waals surface area contributed by atoms with E-state index < -0.39 is 22.3 Å². The highest BCUT2D eigenvalue weighted by Gasteiger charge is 2.14. The van der Waals surface area contributed by atoms with Crippen LogP contribution in [-0.4, -0.2) is 23.8 Å². The molecule has 28 heavy (non-hydrogen) atoms. The molecule has 2 aromatic carbocycles. The van der Waals surface area contributed by atoms with Gasteiger partial charge in [0, 0.05) is 17.5 Å². The number of hydrogen-bond donors (Lipinski definition) is 0. The summed E-state index contributed by atoms with van der Waals surface area (Å²) in [6, 6.07) is 11.3. The molecule has 8 nitrogen and oxygen atoms in total. The van der Waals surface area contributed by atoms with Crippen molar-refractivity contribution in [1.29, 1.82) is 0 Å². The van der Waals surface area contributed by atoms with Gasteiger partial charge in [-0.2, -0.15) is 0 Å². The van der Waals surface area contributed by atoms with Gasteiger partial charge in [0.2, 0.25) is 0 Å². The highest BCUT2D eigenvalue weighted by Crippen LogP contribution is 2.20. The van der Waals surface area contributed by atoms with Gasteiger partial charge in [0.1, 0.15) is 11.1 Å². The minimum atomic E-state index is -0.836. The van der Waals surface area contributed by atoms with Gasteiger partial charge in [-0.1, -0.05) is 18.2 Å². The molecule has 0 bridgehead atoms. The Morgan fingerprint density at radius 3 is 2.46 bits per heavy atom. The van der Waals surface area contributed by atoms with Crippen LogP contribution in [0.2, 0.25) is 0 Å². The monoisotopic (exact) mass is 379 g/mol. The van der Waals surface area contributed by atoms with Crippen molar-refractivity contribution in [2.75, 3.05) is 7.11 Å². The lowest BCUT2D eigenvalue weighted by molar-refractivity contribution is -0.384. The molecule has 3 aromatic rings. The molecule has 0 atom stereocenters. The summed E-state index contributed by atoms with van der Waals surface area (Å²) in [6.45, 7) is 0. The van der Waals surface area contributed by atoms with E-state index in [1.54, 1.807) is 24.3 Å². The topological polar surface area (TPSA) is 117 Å². The van der Waals surface area contributed by atoms with Crippen LogP contribution in [0.15, 0.2) is 63.8 Å². The van der Waals surface area contributed by atoms with Crippen LogP contribution in [0.1, 0.15) is 26.3 Å². The van der Waals surface area contributed by atoms with Gasteiger partial charge < -0.3 is 9.15 Å². The van der Waals surface area contributed by atoms with E-state index in [1.165, 1.54) is 43.5 Å². The van der Waals surface area contributed by atoms with Crippen LogP contribution in [0.25, 0.3) is 17.0 Å². The first kappa shape index (κ1) is 18.7. The lowest BCUT2D eigenvalue weighted by Crippen LogP contribution is -2.12. The van der Waals surface area contributed by atoms with E-state index in [-0.39, 0.29) is 22.2 Å². The number of non-ortho nitro benzene ring substituents is 1. The number of ketones is 1. The Hall–Kier alpha value is -4.07. The Kier molecular flexibility index (Phi) is 5.12. The average Bonchev–Trinajstić information content (AvgIpc) is 2.70. The summed E-state index contributed by atoms with van der Waals surface area (Å²) in [6.07, 6.45) is 2.66. The first-order chi connectivity index (χ1) is 13.4. The fourth-order valence-corrected chi connectivity index (χ4v) is 2.51. The smallest absolute Gasteiger partial charge is 0.347 e. The molecule has 0 aliphatic rings. The zero-order chi connectivity index (χ0) is 20.3. The second-order valence-electron chi connectivity index (χ2n) is 5.74. The third-order valence-corrected chi connectivity index (χ3v) is 3.95. The SMILES string of the molecule is COC(=O)c1ccc(/C=C/C(=O)c2cc3cc([N+](=O)[O-])ccc3oc2=O)cc1. The van der Waals surface area contributed by atoms with E-state index in [9.17, 15) is 24.5 Å². The summed E-state index contributed by atoms with van der Waals surface area (Å²) < 4.78 is 9.68. The second kappa shape index (κ2) is 7.67. The van der Waals surface area contributed by atoms with Gasteiger partial charge in [0.05, 0.1) is 17.6 Å². The Morgan fingerprint density at radius 2 is 1.82 bits per heavy atom. The predicted molar refractivity (Wildman–Crippen MR) is 100 cm³/mol. The standard InChI is InChI=1S/C20H13NO7/c1-27-19(23)13-5-2-12(3-6-13)4-8-17(22)16-11-14-10-15(21(25)26)7-9-18(14)28-20(16)24/h2-11H,1H3/b8-4+. The third-order valence-electron chi connectivity index (χ3n) is 3.95. The maximum absolute atomic E-state index is 12.4. The molecule has 0 amide bonds. The molecular weight excluding hydrogens is 366 g/mol. The van der Waals surface area contributed by atoms with Crippen molar-refractivity contribution in [3.8, 4) is 0 Å². The summed E-state index contributed by atoms with van der Waals surface area (Å²) in [5, 5.41) is 11.2. The summed E-state index contributed by atoms with van der Waals surface area (Å²) >= 11 is 0. The number of carbonyl (C=O) groups excluding carboxylic acids is 2. The van der Waals surface area contributed by atoms with Gasteiger partial charge in [-0.05, 0) is 35.9 Å². The Labute approximate surface area is 157 Å². The predicted octanol–water partition coefficient (Wildman–Crippen LogP) is 3.38. The molecule has 0 spiro atoms.